The molecule has 0 atom stereocenters. The Morgan fingerprint density at radius 1 is 1.08 bits per heavy atom. The maximum Gasteiger partial charge on any atom is 0.353 e. The van der Waals surface area contributed by atoms with Crippen LogP contribution in [0, 0.1) is 6.92 Å². The van der Waals surface area contributed by atoms with Crippen LogP contribution in [0.4, 0.5) is 0 Å². The molecule has 0 aliphatic carbocycles. The average molecular weight is 333 g/mol. The topological polar surface area (TPSA) is 98.0 Å². The molecule has 0 radical (unpaired) electrons. The molecule has 0 aliphatic heterocycles. The fourth-order valence-corrected chi connectivity index (χ4v) is 2.57. The number of carboxylic acids is 2. The van der Waals surface area contributed by atoms with Crippen LogP contribution in [0.1, 0.15) is 26.5 Å². The van der Waals surface area contributed by atoms with E-state index in [2.05, 4.69) is 0 Å². The molecule has 128 valence electrons. The molecule has 0 aliphatic rings. The average Bonchev–Trinajstić information content (AvgIpc) is 2.85. The summed E-state index contributed by atoms with van der Waals surface area (Å²) in [5.74, 6) is -2.38. The summed E-state index contributed by atoms with van der Waals surface area (Å²) in [6.07, 6.45) is 0. The van der Waals surface area contributed by atoms with Crippen LogP contribution in [0.5, 0.6) is 0 Å². The molecule has 2 N–H and O–H groups in total. The molecule has 0 saturated carbocycles. The lowest BCUT2D eigenvalue weighted by Crippen LogP contribution is -2.14. The summed E-state index contributed by atoms with van der Waals surface area (Å²) in [6, 6.07) is 8.61. The van der Waals surface area contributed by atoms with Gasteiger partial charge >= 0.3 is 11.9 Å². The number of carbonyl (C=O) groups is 2. The maximum atomic E-state index is 11.8. The van der Waals surface area contributed by atoms with E-state index in [1.54, 1.807) is 37.3 Å². The minimum atomic E-state index is -1.21. The first-order valence-electron chi connectivity index (χ1n) is 7.30. The highest BCUT2D eigenvalue weighted by Crippen LogP contribution is 2.33. The zero-order valence-electron chi connectivity index (χ0n) is 13.5. The SMILES string of the molecule is COCCOCn1c(C)c(C(=O)O)c(-c2ccccc2)c1C(=O)O. The molecule has 1 aromatic carbocycles. The Bertz CT molecular complexity index is 735. The van der Waals surface area contributed by atoms with Gasteiger partial charge < -0.3 is 24.3 Å². The van der Waals surface area contributed by atoms with Crippen LogP contribution in [0.3, 0.4) is 0 Å². The first kappa shape index (κ1) is 17.7. The Morgan fingerprint density at radius 2 is 1.75 bits per heavy atom. The van der Waals surface area contributed by atoms with E-state index in [9.17, 15) is 19.8 Å². The van der Waals surface area contributed by atoms with Gasteiger partial charge in [-0.05, 0) is 12.5 Å². The van der Waals surface area contributed by atoms with Crippen LogP contribution in [-0.4, -0.2) is 47.0 Å². The summed E-state index contributed by atoms with van der Waals surface area (Å²) in [4.78, 5) is 23.5. The Morgan fingerprint density at radius 3 is 2.29 bits per heavy atom. The Labute approximate surface area is 139 Å². The van der Waals surface area contributed by atoms with E-state index in [0.717, 1.165) is 0 Å². The fraction of sp³-hybridized carbons (Fsp3) is 0.294. The molecule has 2 aromatic rings. The van der Waals surface area contributed by atoms with Gasteiger partial charge in [0.05, 0.1) is 18.8 Å². The molecule has 0 saturated heterocycles. The van der Waals surface area contributed by atoms with Gasteiger partial charge in [0.2, 0.25) is 0 Å². The second kappa shape index (κ2) is 7.76. The van der Waals surface area contributed by atoms with Crippen molar-refractivity contribution in [1.29, 1.82) is 0 Å². The summed E-state index contributed by atoms with van der Waals surface area (Å²) >= 11 is 0. The number of benzene rings is 1. The molecule has 0 spiro atoms. The Hall–Kier alpha value is -2.64. The van der Waals surface area contributed by atoms with Crippen molar-refractivity contribution in [2.75, 3.05) is 20.3 Å². The van der Waals surface area contributed by atoms with Crippen molar-refractivity contribution >= 4 is 11.9 Å². The number of methoxy groups -OCH3 is 1. The molecule has 0 amide bonds. The highest BCUT2D eigenvalue weighted by atomic mass is 16.5. The standard InChI is InChI=1S/C17H19NO6/c1-11-13(16(19)20)14(12-6-4-3-5-7-12)15(17(21)22)18(11)10-24-9-8-23-2/h3-7H,8-10H2,1-2H3,(H,19,20)(H,21,22). The molecule has 7 heteroatoms. The zero-order valence-corrected chi connectivity index (χ0v) is 13.5. The summed E-state index contributed by atoms with van der Waals surface area (Å²) in [7, 11) is 1.53. The third-order valence-corrected chi connectivity index (χ3v) is 3.65. The summed E-state index contributed by atoms with van der Waals surface area (Å²) in [6.45, 7) is 2.14. The normalized spacial score (nSPS) is 10.8. The quantitative estimate of drug-likeness (QED) is 0.720. The van der Waals surface area contributed by atoms with E-state index in [0.29, 0.717) is 17.9 Å². The van der Waals surface area contributed by atoms with Gasteiger partial charge in [-0.25, -0.2) is 9.59 Å². The van der Waals surface area contributed by atoms with Crippen molar-refractivity contribution in [1.82, 2.24) is 4.57 Å². The van der Waals surface area contributed by atoms with Crippen molar-refractivity contribution in [2.45, 2.75) is 13.7 Å². The van der Waals surface area contributed by atoms with Gasteiger partial charge in [0.15, 0.2) is 0 Å². The predicted octanol–water partition coefficient (Wildman–Crippen LogP) is 2.48. The van der Waals surface area contributed by atoms with Gasteiger partial charge in [0, 0.05) is 18.4 Å². The van der Waals surface area contributed by atoms with Crippen molar-refractivity contribution in [3.8, 4) is 11.1 Å². The van der Waals surface area contributed by atoms with Gasteiger partial charge in [0.1, 0.15) is 12.4 Å². The Kier molecular flexibility index (Phi) is 5.73. The number of nitrogens with zero attached hydrogens (tertiary/aromatic N) is 1. The van der Waals surface area contributed by atoms with Gasteiger partial charge in [-0.2, -0.15) is 0 Å². The van der Waals surface area contributed by atoms with Crippen LogP contribution in [0.25, 0.3) is 11.1 Å². The third kappa shape index (κ3) is 3.47. The van der Waals surface area contributed by atoms with Gasteiger partial charge in [0.25, 0.3) is 0 Å². The van der Waals surface area contributed by atoms with Crippen LogP contribution >= 0.6 is 0 Å². The van der Waals surface area contributed by atoms with Crippen LogP contribution in [-0.2, 0) is 16.2 Å². The third-order valence-electron chi connectivity index (χ3n) is 3.65. The second-order valence-corrected chi connectivity index (χ2v) is 5.12. The van der Waals surface area contributed by atoms with Crippen LogP contribution in [0.2, 0.25) is 0 Å². The molecule has 1 heterocycles. The van der Waals surface area contributed by atoms with E-state index < -0.39 is 11.9 Å². The lowest BCUT2D eigenvalue weighted by atomic mass is 10.0. The van der Waals surface area contributed by atoms with Crippen molar-refractivity contribution in [3.05, 3.63) is 47.3 Å². The monoisotopic (exact) mass is 333 g/mol. The minimum absolute atomic E-state index is 0.0334. The highest BCUT2D eigenvalue weighted by molar-refractivity contribution is 6.05. The molecule has 0 fully saturated rings. The molecular weight excluding hydrogens is 314 g/mol. The molecule has 2 rings (SSSR count). The van der Waals surface area contributed by atoms with E-state index in [1.807, 2.05) is 0 Å². The molecule has 7 nitrogen and oxygen atoms in total. The number of carboxylic acid groups (broad SMARTS) is 2. The lowest BCUT2D eigenvalue weighted by Gasteiger charge is -2.10. The first-order valence-corrected chi connectivity index (χ1v) is 7.30. The number of rotatable bonds is 8. The van der Waals surface area contributed by atoms with E-state index in [-0.39, 0.29) is 30.2 Å². The lowest BCUT2D eigenvalue weighted by molar-refractivity contribution is 0.0305. The van der Waals surface area contributed by atoms with Crippen molar-refractivity contribution in [2.24, 2.45) is 0 Å². The molecule has 24 heavy (non-hydrogen) atoms. The first-order chi connectivity index (χ1) is 11.5. The molecule has 0 unspecified atom stereocenters. The number of ether oxygens (including phenoxy) is 2. The van der Waals surface area contributed by atoms with Crippen molar-refractivity contribution in [3.63, 3.8) is 0 Å². The summed E-state index contributed by atoms with van der Waals surface area (Å²) < 4.78 is 11.6. The van der Waals surface area contributed by atoms with Gasteiger partial charge in [-0.15, -0.1) is 0 Å². The highest BCUT2D eigenvalue weighted by Gasteiger charge is 2.29. The van der Waals surface area contributed by atoms with E-state index >= 15 is 0 Å². The maximum absolute atomic E-state index is 11.8. The number of aromatic nitrogens is 1. The van der Waals surface area contributed by atoms with Gasteiger partial charge in [-0.3, -0.25) is 0 Å². The fourth-order valence-electron chi connectivity index (χ4n) is 2.57. The van der Waals surface area contributed by atoms with E-state index in [1.165, 1.54) is 11.7 Å². The minimum Gasteiger partial charge on any atom is -0.478 e. The summed E-state index contributed by atoms with van der Waals surface area (Å²) in [5, 5.41) is 19.2. The van der Waals surface area contributed by atoms with E-state index in [4.69, 9.17) is 9.47 Å². The number of hydrogen-bond acceptors (Lipinski definition) is 4. The van der Waals surface area contributed by atoms with Crippen molar-refractivity contribution < 1.29 is 29.3 Å². The summed E-state index contributed by atoms with van der Waals surface area (Å²) in [5.41, 5.74) is 0.910. The van der Waals surface area contributed by atoms with Crippen LogP contribution in [0.15, 0.2) is 30.3 Å². The number of aromatic carboxylic acids is 2. The molecule has 0 bridgehead atoms. The molecular formula is C17H19NO6. The zero-order chi connectivity index (χ0) is 17.7. The van der Waals surface area contributed by atoms with Gasteiger partial charge in [-0.1, -0.05) is 30.3 Å². The Balaban J connectivity index is 2.59. The van der Waals surface area contributed by atoms with Crippen LogP contribution < -0.4 is 0 Å². The molecule has 1 aromatic heterocycles. The smallest absolute Gasteiger partial charge is 0.353 e. The predicted molar refractivity (Wildman–Crippen MR) is 86.4 cm³/mol. The second-order valence-electron chi connectivity index (χ2n) is 5.12. The number of hydrogen-bond donors (Lipinski definition) is 2. The largest absolute Gasteiger partial charge is 0.478 e.